The molecule has 0 bridgehead atoms. The fourth-order valence-corrected chi connectivity index (χ4v) is 5.12. The largest absolute Gasteiger partial charge is 0.388 e. The van der Waals surface area contributed by atoms with Crippen LogP contribution in [-0.2, 0) is 10.0 Å². The number of hydrogen-bond donors (Lipinski definition) is 3. The normalized spacial score (nSPS) is 21.8. The van der Waals surface area contributed by atoms with Crippen LogP contribution in [0.25, 0.3) is 0 Å². The number of hydrogen-bond acceptors (Lipinski definition) is 6. The third-order valence-corrected chi connectivity index (χ3v) is 6.96. The van der Waals surface area contributed by atoms with Crippen molar-refractivity contribution in [2.45, 2.75) is 43.1 Å². The molecule has 0 saturated heterocycles. The van der Waals surface area contributed by atoms with E-state index >= 15 is 0 Å². The third-order valence-electron chi connectivity index (χ3n) is 5.27. The molecule has 0 amide bonds. The number of para-hydroxylation sites is 1. The average Bonchev–Trinajstić information content (AvgIpc) is 2.67. The zero-order valence-electron chi connectivity index (χ0n) is 16.5. The van der Waals surface area contributed by atoms with Crippen LogP contribution in [0.3, 0.4) is 0 Å². The summed E-state index contributed by atoms with van der Waals surface area (Å²) in [4.78, 5) is 10.7. The van der Waals surface area contributed by atoms with Crippen molar-refractivity contribution >= 4 is 38.7 Å². The molecule has 1 fully saturated rings. The van der Waals surface area contributed by atoms with Crippen LogP contribution in [0.15, 0.2) is 47.4 Å². The maximum Gasteiger partial charge on any atom is 0.293 e. The van der Waals surface area contributed by atoms with Gasteiger partial charge in [-0.3, -0.25) is 14.8 Å². The number of sulfonamides is 1. The summed E-state index contributed by atoms with van der Waals surface area (Å²) in [6, 6.07) is 9.93. The molecule has 0 aromatic heterocycles. The lowest BCUT2D eigenvalue weighted by atomic mass is 9.79. The predicted octanol–water partition coefficient (Wildman–Crippen LogP) is 4.40. The number of benzene rings is 2. The molecule has 10 heteroatoms. The van der Waals surface area contributed by atoms with E-state index in [4.69, 9.17) is 11.6 Å². The zero-order valence-corrected chi connectivity index (χ0v) is 18.0. The fraction of sp³-hybridized carbons (Fsp3) is 0.400. The minimum atomic E-state index is -4.08. The molecule has 3 rings (SSSR count). The molecule has 0 aliphatic heterocycles. The highest BCUT2D eigenvalue weighted by Gasteiger charge is 2.33. The number of nitro groups is 1. The van der Waals surface area contributed by atoms with Gasteiger partial charge in [-0.1, -0.05) is 43.5 Å². The first-order valence-corrected chi connectivity index (χ1v) is 11.5. The number of nitrogens with one attached hydrogen (secondary N) is 2. The molecule has 0 radical (unpaired) electrons. The van der Waals surface area contributed by atoms with E-state index in [-0.39, 0.29) is 33.5 Å². The Morgan fingerprint density at radius 2 is 2.00 bits per heavy atom. The maximum atomic E-state index is 12.7. The Kier molecular flexibility index (Phi) is 6.54. The number of anilines is 2. The Hall–Kier alpha value is -2.36. The van der Waals surface area contributed by atoms with E-state index in [1.165, 1.54) is 24.3 Å². The number of nitro benzene ring substituents is 1. The molecule has 2 aromatic rings. The van der Waals surface area contributed by atoms with E-state index in [0.29, 0.717) is 18.8 Å². The summed E-state index contributed by atoms with van der Waals surface area (Å²) in [5.74, 6) is 0.379. The molecule has 1 aliphatic carbocycles. The van der Waals surface area contributed by atoms with Gasteiger partial charge in [-0.15, -0.1) is 0 Å². The van der Waals surface area contributed by atoms with Crippen molar-refractivity contribution in [2.75, 3.05) is 16.6 Å². The highest BCUT2D eigenvalue weighted by molar-refractivity contribution is 7.92. The van der Waals surface area contributed by atoms with Crippen molar-refractivity contribution in [2.24, 2.45) is 5.92 Å². The van der Waals surface area contributed by atoms with Gasteiger partial charge in [-0.05, 0) is 43.0 Å². The number of nitrogens with zero attached hydrogens (tertiary/aromatic N) is 1. The SMILES string of the molecule is C[C@H]1CCC[C@@](O)(CNc2ccc(S(=O)(=O)Nc3ccccc3Cl)cc2[N+](=O)[O-])C1. The lowest BCUT2D eigenvalue weighted by molar-refractivity contribution is -0.384. The minimum Gasteiger partial charge on any atom is -0.388 e. The van der Waals surface area contributed by atoms with Crippen molar-refractivity contribution in [1.29, 1.82) is 0 Å². The minimum absolute atomic E-state index is 0.155. The van der Waals surface area contributed by atoms with E-state index in [1.54, 1.807) is 12.1 Å². The van der Waals surface area contributed by atoms with Gasteiger partial charge >= 0.3 is 0 Å². The lowest BCUT2D eigenvalue weighted by Crippen LogP contribution is -2.41. The molecule has 2 aromatic carbocycles. The van der Waals surface area contributed by atoms with E-state index in [1.807, 2.05) is 0 Å². The second-order valence-electron chi connectivity index (χ2n) is 7.80. The lowest BCUT2D eigenvalue weighted by Gasteiger charge is -2.35. The van der Waals surface area contributed by atoms with Gasteiger partial charge in [0.1, 0.15) is 5.69 Å². The van der Waals surface area contributed by atoms with Gasteiger partial charge in [-0.25, -0.2) is 8.42 Å². The van der Waals surface area contributed by atoms with E-state index in [2.05, 4.69) is 17.0 Å². The summed E-state index contributed by atoms with van der Waals surface area (Å²) < 4.78 is 27.7. The van der Waals surface area contributed by atoms with Crippen LogP contribution >= 0.6 is 11.6 Å². The van der Waals surface area contributed by atoms with Gasteiger partial charge in [-0.2, -0.15) is 0 Å². The molecule has 162 valence electrons. The number of rotatable bonds is 7. The topological polar surface area (TPSA) is 122 Å². The second kappa shape index (κ2) is 8.79. The van der Waals surface area contributed by atoms with Crippen LogP contribution < -0.4 is 10.0 Å². The van der Waals surface area contributed by atoms with E-state index in [9.17, 15) is 23.6 Å². The van der Waals surface area contributed by atoms with Gasteiger partial charge in [0.2, 0.25) is 0 Å². The van der Waals surface area contributed by atoms with Crippen LogP contribution in [0.5, 0.6) is 0 Å². The molecule has 1 aliphatic rings. The van der Waals surface area contributed by atoms with Crippen LogP contribution in [-0.4, -0.2) is 30.6 Å². The molecular formula is C20H24ClN3O5S. The van der Waals surface area contributed by atoms with Gasteiger partial charge in [0, 0.05) is 12.6 Å². The van der Waals surface area contributed by atoms with Gasteiger partial charge in [0.15, 0.2) is 0 Å². The van der Waals surface area contributed by atoms with Crippen LogP contribution in [0.2, 0.25) is 5.02 Å². The smallest absolute Gasteiger partial charge is 0.293 e. The average molecular weight is 454 g/mol. The summed E-state index contributed by atoms with van der Waals surface area (Å²) >= 11 is 5.99. The van der Waals surface area contributed by atoms with E-state index < -0.39 is 20.5 Å². The standard InChI is InChI=1S/C20H24ClN3O5S/c1-14-5-4-10-20(25,12-14)13-22-18-9-8-15(11-19(18)24(26)27)30(28,29)23-17-7-3-2-6-16(17)21/h2-3,6-9,11,14,22-23,25H,4-5,10,12-13H2,1H3/t14-,20-/m0/s1. The first kappa shape index (κ1) is 22.3. The summed E-state index contributed by atoms with van der Waals surface area (Å²) in [7, 11) is -4.08. The quantitative estimate of drug-likeness (QED) is 0.422. The Balaban J connectivity index is 1.83. The Morgan fingerprint density at radius 3 is 2.67 bits per heavy atom. The first-order chi connectivity index (χ1) is 14.1. The van der Waals surface area contributed by atoms with Crippen LogP contribution in [0.4, 0.5) is 17.1 Å². The Morgan fingerprint density at radius 1 is 1.27 bits per heavy atom. The maximum absolute atomic E-state index is 12.7. The molecule has 0 unspecified atom stereocenters. The molecule has 8 nitrogen and oxygen atoms in total. The predicted molar refractivity (Wildman–Crippen MR) is 116 cm³/mol. The highest BCUT2D eigenvalue weighted by atomic mass is 35.5. The summed E-state index contributed by atoms with van der Waals surface area (Å²) in [5, 5.41) is 25.5. The summed E-state index contributed by atoms with van der Waals surface area (Å²) in [6.07, 6.45) is 3.17. The fourth-order valence-electron chi connectivity index (χ4n) is 3.78. The number of halogens is 1. The Bertz CT molecular complexity index is 1050. The highest BCUT2D eigenvalue weighted by Crippen LogP contribution is 2.34. The van der Waals surface area contributed by atoms with Gasteiger partial charge < -0.3 is 10.4 Å². The molecular weight excluding hydrogens is 430 g/mol. The first-order valence-electron chi connectivity index (χ1n) is 9.62. The number of aliphatic hydroxyl groups is 1. The van der Waals surface area contributed by atoms with Crippen molar-refractivity contribution in [3.63, 3.8) is 0 Å². The van der Waals surface area contributed by atoms with Crippen LogP contribution in [0, 0.1) is 16.0 Å². The van der Waals surface area contributed by atoms with E-state index in [0.717, 1.165) is 18.9 Å². The monoisotopic (exact) mass is 453 g/mol. The zero-order chi connectivity index (χ0) is 21.9. The van der Waals surface area contributed by atoms with Crippen LogP contribution in [0.1, 0.15) is 32.6 Å². The van der Waals surface area contributed by atoms with Crippen molar-refractivity contribution < 1.29 is 18.4 Å². The van der Waals surface area contributed by atoms with Gasteiger partial charge in [0.25, 0.3) is 15.7 Å². The third kappa shape index (κ3) is 5.21. The molecule has 0 heterocycles. The Labute approximate surface area is 180 Å². The summed E-state index contributed by atoms with van der Waals surface area (Å²) in [6.45, 7) is 2.22. The van der Waals surface area contributed by atoms with Crippen molar-refractivity contribution in [3.05, 3.63) is 57.6 Å². The van der Waals surface area contributed by atoms with Gasteiger partial charge in [0.05, 0.1) is 26.1 Å². The van der Waals surface area contributed by atoms with Crippen molar-refractivity contribution in [3.8, 4) is 0 Å². The van der Waals surface area contributed by atoms with Crippen molar-refractivity contribution in [1.82, 2.24) is 0 Å². The molecule has 30 heavy (non-hydrogen) atoms. The molecule has 2 atom stereocenters. The molecule has 3 N–H and O–H groups in total. The molecule has 0 spiro atoms. The summed E-state index contributed by atoms with van der Waals surface area (Å²) in [5.41, 5.74) is -0.993. The second-order valence-corrected chi connectivity index (χ2v) is 9.89. The molecule has 1 saturated carbocycles.